The molecule has 25 heavy (non-hydrogen) atoms. The van der Waals surface area contributed by atoms with Crippen LogP contribution in [0.2, 0.25) is 0 Å². The fourth-order valence-corrected chi connectivity index (χ4v) is 3.65. The third-order valence-corrected chi connectivity index (χ3v) is 6.43. The number of nitrogens with zero attached hydrogens (tertiary/aromatic N) is 1. The van der Waals surface area contributed by atoms with E-state index in [2.05, 4.69) is 27.7 Å². The molecular formula is C20H21NO3S. The second-order valence-corrected chi connectivity index (χ2v) is 8.50. The Balaban J connectivity index is 1.77. The molecule has 2 aromatic rings. The van der Waals surface area contributed by atoms with E-state index in [0.717, 1.165) is 5.04 Å². The van der Waals surface area contributed by atoms with Crippen LogP contribution in [0.15, 0.2) is 59.6 Å². The van der Waals surface area contributed by atoms with Gasteiger partial charge < -0.3 is 9.47 Å². The largest absolute Gasteiger partial charge is 0.519 e. The topological polar surface area (TPSA) is 47.9 Å². The Morgan fingerprint density at radius 2 is 1.56 bits per heavy atom. The SMILES string of the molecule is CC1(C)SC(=Nc2ccccc2OC(=O)Oc2ccccc2)C1(C)C. The van der Waals surface area contributed by atoms with Crippen LogP contribution in [0.3, 0.4) is 0 Å². The van der Waals surface area contributed by atoms with Gasteiger partial charge in [0.15, 0.2) is 5.75 Å². The highest BCUT2D eigenvalue weighted by Crippen LogP contribution is 2.57. The van der Waals surface area contributed by atoms with E-state index in [0.29, 0.717) is 17.2 Å². The zero-order valence-corrected chi connectivity index (χ0v) is 15.6. The lowest BCUT2D eigenvalue weighted by atomic mass is 9.79. The fraction of sp³-hybridized carbons (Fsp3) is 0.300. The maximum atomic E-state index is 12.0. The maximum absolute atomic E-state index is 12.0. The first-order chi connectivity index (χ1) is 11.8. The number of benzene rings is 2. The van der Waals surface area contributed by atoms with Gasteiger partial charge in [0.2, 0.25) is 0 Å². The Morgan fingerprint density at radius 3 is 2.20 bits per heavy atom. The van der Waals surface area contributed by atoms with Gasteiger partial charge in [0.25, 0.3) is 0 Å². The number of hydrogen-bond donors (Lipinski definition) is 0. The Hall–Kier alpha value is -2.27. The summed E-state index contributed by atoms with van der Waals surface area (Å²) in [5, 5.41) is 1.03. The molecule has 1 aliphatic rings. The van der Waals surface area contributed by atoms with Gasteiger partial charge in [-0.2, -0.15) is 0 Å². The molecule has 0 aliphatic carbocycles. The molecule has 0 amide bonds. The average molecular weight is 355 g/mol. The Labute approximate surface area is 152 Å². The van der Waals surface area contributed by atoms with Crippen LogP contribution in [-0.4, -0.2) is 15.9 Å². The van der Waals surface area contributed by atoms with Gasteiger partial charge in [-0.15, -0.1) is 11.8 Å². The predicted molar refractivity (Wildman–Crippen MR) is 102 cm³/mol. The number of thioether (sulfide) groups is 1. The minimum Gasteiger partial charge on any atom is -0.395 e. The van der Waals surface area contributed by atoms with Gasteiger partial charge in [0, 0.05) is 10.2 Å². The van der Waals surface area contributed by atoms with E-state index in [1.165, 1.54) is 0 Å². The summed E-state index contributed by atoms with van der Waals surface area (Å²) < 4.78 is 10.7. The molecule has 1 fully saturated rings. The van der Waals surface area contributed by atoms with Crippen molar-refractivity contribution in [3.63, 3.8) is 0 Å². The maximum Gasteiger partial charge on any atom is 0.519 e. The first-order valence-electron chi connectivity index (χ1n) is 8.11. The van der Waals surface area contributed by atoms with Crippen molar-refractivity contribution < 1.29 is 14.3 Å². The Bertz CT molecular complexity index is 813. The van der Waals surface area contributed by atoms with Crippen LogP contribution in [-0.2, 0) is 0 Å². The lowest BCUT2D eigenvalue weighted by molar-refractivity contribution is 0.152. The summed E-state index contributed by atoms with van der Waals surface area (Å²) in [5.41, 5.74) is 0.605. The number of rotatable bonds is 3. The molecule has 0 saturated carbocycles. The van der Waals surface area contributed by atoms with Crippen molar-refractivity contribution in [1.29, 1.82) is 0 Å². The summed E-state index contributed by atoms with van der Waals surface area (Å²) in [5.74, 6) is 0.825. The highest BCUT2D eigenvalue weighted by molar-refractivity contribution is 8.17. The van der Waals surface area contributed by atoms with Gasteiger partial charge in [-0.05, 0) is 38.1 Å². The molecule has 1 heterocycles. The third kappa shape index (κ3) is 3.56. The molecule has 3 rings (SSSR count). The van der Waals surface area contributed by atoms with Crippen LogP contribution >= 0.6 is 11.8 Å². The molecule has 0 bridgehead atoms. The number of hydrogen-bond acceptors (Lipinski definition) is 5. The molecule has 0 unspecified atom stereocenters. The van der Waals surface area contributed by atoms with Crippen LogP contribution < -0.4 is 9.47 Å². The third-order valence-electron chi connectivity index (χ3n) is 4.62. The number of para-hydroxylation sites is 3. The summed E-state index contributed by atoms with van der Waals surface area (Å²) in [6, 6.07) is 16.1. The van der Waals surface area contributed by atoms with Crippen molar-refractivity contribution in [2.45, 2.75) is 32.4 Å². The van der Waals surface area contributed by atoms with Gasteiger partial charge in [0.1, 0.15) is 11.4 Å². The summed E-state index contributed by atoms with van der Waals surface area (Å²) in [4.78, 5) is 16.8. The smallest absolute Gasteiger partial charge is 0.395 e. The van der Waals surface area contributed by atoms with E-state index in [9.17, 15) is 4.79 Å². The van der Waals surface area contributed by atoms with E-state index < -0.39 is 6.16 Å². The zero-order chi connectivity index (χ0) is 18.1. The van der Waals surface area contributed by atoms with E-state index in [4.69, 9.17) is 14.5 Å². The summed E-state index contributed by atoms with van der Waals surface area (Å²) >= 11 is 1.74. The van der Waals surface area contributed by atoms with Gasteiger partial charge in [0.05, 0.1) is 5.04 Å². The molecule has 0 atom stereocenters. The normalized spacial score (nSPS) is 19.1. The quantitative estimate of drug-likeness (QED) is 0.512. The molecule has 5 heteroatoms. The number of carbonyl (C=O) groups is 1. The molecular weight excluding hydrogens is 334 g/mol. The number of aliphatic imine (C=N–C) groups is 1. The van der Waals surface area contributed by atoms with Gasteiger partial charge >= 0.3 is 6.16 Å². The lowest BCUT2D eigenvalue weighted by Crippen LogP contribution is -2.52. The molecule has 130 valence electrons. The van der Waals surface area contributed by atoms with Crippen molar-refractivity contribution in [2.24, 2.45) is 10.4 Å². The van der Waals surface area contributed by atoms with Gasteiger partial charge in [-0.3, -0.25) is 0 Å². The van der Waals surface area contributed by atoms with Crippen LogP contribution in [0.4, 0.5) is 10.5 Å². The van der Waals surface area contributed by atoms with Crippen molar-refractivity contribution in [2.75, 3.05) is 0 Å². The number of carbonyl (C=O) groups excluding carboxylic acids is 1. The van der Waals surface area contributed by atoms with E-state index >= 15 is 0 Å². The molecule has 1 saturated heterocycles. The Morgan fingerprint density at radius 1 is 0.920 bits per heavy atom. The molecule has 1 aliphatic heterocycles. The van der Waals surface area contributed by atoms with E-state index in [1.807, 2.05) is 18.2 Å². The molecule has 0 radical (unpaired) electrons. The second kappa shape index (κ2) is 6.56. The van der Waals surface area contributed by atoms with Crippen LogP contribution in [0.5, 0.6) is 11.5 Å². The highest BCUT2D eigenvalue weighted by Gasteiger charge is 2.52. The molecule has 4 nitrogen and oxygen atoms in total. The standard InChI is InChI=1S/C20H21NO3S/c1-19(2)17(25-20(19,3)4)21-15-12-8-9-13-16(15)24-18(22)23-14-10-6-5-7-11-14/h5-13H,1-4H3. The van der Waals surface area contributed by atoms with Crippen molar-refractivity contribution in [1.82, 2.24) is 0 Å². The van der Waals surface area contributed by atoms with Crippen molar-refractivity contribution in [3.8, 4) is 11.5 Å². The fourth-order valence-electron chi connectivity index (χ4n) is 2.31. The van der Waals surface area contributed by atoms with E-state index in [1.54, 1.807) is 48.2 Å². The first kappa shape index (κ1) is 17.5. The average Bonchev–Trinajstić information content (AvgIpc) is 2.56. The Kier molecular flexibility index (Phi) is 4.60. The van der Waals surface area contributed by atoms with E-state index in [-0.39, 0.29) is 10.2 Å². The minimum absolute atomic E-state index is 0.0185. The first-order valence-corrected chi connectivity index (χ1v) is 8.93. The molecule has 0 spiro atoms. The van der Waals surface area contributed by atoms with Crippen molar-refractivity contribution in [3.05, 3.63) is 54.6 Å². The summed E-state index contributed by atoms with van der Waals surface area (Å²) in [6.45, 7) is 8.76. The van der Waals surface area contributed by atoms with Gasteiger partial charge in [-0.1, -0.05) is 44.2 Å². The van der Waals surface area contributed by atoms with Crippen molar-refractivity contribution >= 4 is 28.6 Å². The molecule has 2 aromatic carbocycles. The van der Waals surface area contributed by atoms with Gasteiger partial charge in [-0.25, -0.2) is 9.79 Å². The summed E-state index contributed by atoms with van der Waals surface area (Å²) in [6.07, 6.45) is -0.778. The highest BCUT2D eigenvalue weighted by atomic mass is 32.2. The second-order valence-electron chi connectivity index (χ2n) is 6.89. The monoisotopic (exact) mass is 355 g/mol. The zero-order valence-electron chi connectivity index (χ0n) is 14.8. The molecule has 0 N–H and O–H groups in total. The lowest BCUT2D eigenvalue weighted by Gasteiger charge is -2.52. The van der Waals surface area contributed by atoms with Crippen LogP contribution in [0, 0.1) is 5.41 Å². The minimum atomic E-state index is -0.778. The summed E-state index contributed by atoms with van der Waals surface area (Å²) in [7, 11) is 0. The molecule has 0 aromatic heterocycles. The number of ether oxygens (including phenoxy) is 2. The van der Waals surface area contributed by atoms with Crippen LogP contribution in [0.25, 0.3) is 0 Å². The predicted octanol–water partition coefficient (Wildman–Crippen LogP) is 5.85. The van der Waals surface area contributed by atoms with Crippen LogP contribution in [0.1, 0.15) is 27.7 Å².